The molecule has 1 N–H and O–H groups in total. The summed E-state index contributed by atoms with van der Waals surface area (Å²) in [6, 6.07) is 19.2. The third-order valence-electron chi connectivity index (χ3n) is 4.06. The van der Waals surface area contributed by atoms with Crippen LogP contribution in [0.1, 0.15) is 12.0 Å². The fraction of sp³-hybridized carbons (Fsp3) is 0.0952. The van der Waals surface area contributed by atoms with Crippen LogP contribution in [0, 0.1) is 0 Å². The summed E-state index contributed by atoms with van der Waals surface area (Å²) in [5.41, 5.74) is 4.05. The predicted octanol–water partition coefficient (Wildman–Crippen LogP) is 4.46. The van der Waals surface area contributed by atoms with E-state index in [0.29, 0.717) is 35.5 Å². The molecule has 0 saturated carbocycles. The van der Waals surface area contributed by atoms with Gasteiger partial charge in [0.25, 0.3) is 0 Å². The summed E-state index contributed by atoms with van der Waals surface area (Å²) >= 11 is 0. The van der Waals surface area contributed by atoms with Crippen LogP contribution in [0.3, 0.4) is 0 Å². The van der Waals surface area contributed by atoms with Gasteiger partial charge in [0.15, 0.2) is 5.58 Å². The quantitative estimate of drug-likeness (QED) is 0.581. The van der Waals surface area contributed by atoms with E-state index >= 15 is 0 Å². The van der Waals surface area contributed by atoms with E-state index < -0.39 is 0 Å². The molecule has 0 fully saturated rings. The molecule has 0 aliphatic carbocycles. The number of nitrogens with one attached hydrogen (secondary N) is 1. The van der Waals surface area contributed by atoms with E-state index in [1.165, 1.54) is 0 Å². The Kier molecular flexibility index (Phi) is 4.43. The number of hydrogen-bond donors (Lipinski definition) is 1. The van der Waals surface area contributed by atoms with Gasteiger partial charge in [-0.25, -0.2) is 4.98 Å². The van der Waals surface area contributed by atoms with Crippen molar-refractivity contribution in [2.45, 2.75) is 12.8 Å². The smallest absolute Gasteiger partial charge is 0.228 e. The molecule has 0 atom stereocenters. The number of nitrogens with zero attached hydrogens (tertiary/aromatic N) is 2. The second-order valence-electron chi connectivity index (χ2n) is 5.98. The van der Waals surface area contributed by atoms with Gasteiger partial charge in [-0.05, 0) is 42.3 Å². The normalized spacial score (nSPS) is 10.8. The summed E-state index contributed by atoms with van der Waals surface area (Å²) in [4.78, 5) is 20.7. The number of rotatable bonds is 5. The zero-order valence-corrected chi connectivity index (χ0v) is 14.1. The van der Waals surface area contributed by atoms with Crippen molar-refractivity contribution in [1.82, 2.24) is 9.97 Å². The van der Waals surface area contributed by atoms with Crippen LogP contribution in [0.4, 0.5) is 5.69 Å². The summed E-state index contributed by atoms with van der Waals surface area (Å²) < 4.78 is 5.76. The van der Waals surface area contributed by atoms with Crippen LogP contribution in [-0.4, -0.2) is 15.9 Å². The highest BCUT2D eigenvalue weighted by Crippen LogP contribution is 2.25. The Morgan fingerprint density at radius 2 is 1.92 bits per heavy atom. The third kappa shape index (κ3) is 3.62. The molecule has 5 heteroatoms. The fourth-order valence-corrected chi connectivity index (χ4v) is 2.74. The molecule has 0 radical (unpaired) electrons. The van der Waals surface area contributed by atoms with Crippen molar-refractivity contribution in [3.8, 4) is 11.5 Å². The van der Waals surface area contributed by atoms with Gasteiger partial charge < -0.3 is 9.73 Å². The van der Waals surface area contributed by atoms with E-state index in [0.717, 1.165) is 11.1 Å². The number of carbonyl (C=O) groups excluding carboxylic acids is 1. The number of pyridine rings is 1. The number of carbonyl (C=O) groups is 1. The van der Waals surface area contributed by atoms with E-state index in [2.05, 4.69) is 15.3 Å². The Balaban J connectivity index is 1.46. The predicted molar refractivity (Wildman–Crippen MR) is 101 cm³/mol. The van der Waals surface area contributed by atoms with Crippen LogP contribution in [0.5, 0.6) is 0 Å². The number of hydrogen-bond acceptors (Lipinski definition) is 4. The van der Waals surface area contributed by atoms with Crippen LogP contribution in [-0.2, 0) is 11.2 Å². The Morgan fingerprint density at radius 1 is 1.04 bits per heavy atom. The lowest BCUT2D eigenvalue weighted by Crippen LogP contribution is -2.12. The summed E-state index contributed by atoms with van der Waals surface area (Å²) in [7, 11) is 0. The Hall–Kier alpha value is -3.47. The first kappa shape index (κ1) is 16.0. The van der Waals surface area contributed by atoms with Gasteiger partial charge in [-0.2, -0.15) is 0 Å². The lowest BCUT2D eigenvalue weighted by molar-refractivity contribution is -0.116. The van der Waals surface area contributed by atoms with Gasteiger partial charge in [-0.3, -0.25) is 9.78 Å². The van der Waals surface area contributed by atoms with Crippen molar-refractivity contribution in [2.75, 3.05) is 5.32 Å². The Labute approximate surface area is 150 Å². The first-order chi connectivity index (χ1) is 12.8. The van der Waals surface area contributed by atoms with E-state index in [4.69, 9.17) is 4.42 Å². The number of aryl methyl sites for hydroxylation is 1. The van der Waals surface area contributed by atoms with Crippen LogP contribution in [0.25, 0.3) is 22.6 Å². The number of amides is 1. The highest BCUT2D eigenvalue weighted by Gasteiger charge is 2.10. The van der Waals surface area contributed by atoms with E-state index in [1.807, 2.05) is 60.7 Å². The summed E-state index contributed by atoms with van der Waals surface area (Å²) in [6.07, 6.45) is 4.55. The van der Waals surface area contributed by atoms with Crippen LogP contribution < -0.4 is 5.32 Å². The summed E-state index contributed by atoms with van der Waals surface area (Å²) in [5, 5.41) is 2.92. The molecular weight excluding hydrogens is 326 g/mol. The van der Waals surface area contributed by atoms with Crippen LogP contribution >= 0.6 is 0 Å². The van der Waals surface area contributed by atoms with Gasteiger partial charge in [0.2, 0.25) is 11.8 Å². The Bertz CT molecular complexity index is 1030. The number of anilines is 1. The van der Waals surface area contributed by atoms with Crippen molar-refractivity contribution >= 4 is 22.7 Å². The minimum absolute atomic E-state index is 0.0239. The molecule has 4 rings (SSSR count). The first-order valence-corrected chi connectivity index (χ1v) is 8.43. The molecule has 2 aromatic carbocycles. The average Bonchev–Trinajstić information content (AvgIpc) is 3.11. The monoisotopic (exact) mass is 343 g/mol. The van der Waals surface area contributed by atoms with E-state index in [-0.39, 0.29) is 5.91 Å². The van der Waals surface area contributed by atoms with E-state index in [9.17, 15) is 4.79 Å². The molecular formula is C21H17N3O2. The molecule has 0 aliphatic rings. The van der Waals surface area contributed by atoms with Crippen molar-refractivity contribution in [1.29, 1.82) is 0 Å². The van der Waals surface area contributed by atoms with Crippen LogP contribution in [0.15, 0.2) is 77.5 Å². The maximum atomic E-state index is 12.2. The maximum absolute atomic E-state index is 12.2. The molecule has 0 unspecified atom stereocenters. The molecule has 5 nitrogen and oxygen atoms in total. The minimum Gasteiger partial charge on any atom is -0.436 e. The van der Waals surface area contributed by atoms with Gasteiger partial charge >= 0.3 is 0 Å². The third-order valence-corrected chi connectivity index (χ3v) is 4.06. The van der Waals surface area contributed by atoms with Crippen molar-refractivity contribution in [3.05, 3.63) is 78.6 Å². The number of aromatic nitrogens is 2. The number of benzene rings is 2. The molecule has 0 spiro atoms. The second kappa shape index (κ2) is 7.19. The second-order valence-corrected chi connectivity index (χ2v) is 5.98. The molecule has 2 aromatic heterocycles. The first-order valence-electron chi connectivity index (χ1n) is 8.43. The highest BCUT2D eigenvalue weighted by molar-refractivity contribution is 5.93. The lowest BCUT2D eigenvalue weighted by atomic mass is 10.1. The molecule has 1 amide bonds. The summed E-state index contributed by atoms with van der Waals surface area (Å²) in [6.45, 7) is 0. The van der Waals surface area contributed by atoms with Crippen molar-refractivity contribution in [2.24, 2.45) is 0 Å². The Morgan fingerprint density at radius 3 is 2.73 bits per heavy atom. The SMILES string of the molecule is O=C(CCc1ccccc1)Nc1ccc2oc(-c3cccnc3)nc2c1. The molecule has 2 heterocycles. The number of fused-ring (bicyclic) bond motifs is 1. The zero-order valence-electron chi connectivity index (χ0n) is 14.1. The zero-order chi connectivity index (χ0) is 17.8. The molecule has 0 aliphatic heterocycles. The number of oxazole rings is 1. The van der Waals surface area contributed by atoms with Gasteiger partial charge in [0.05, 0.1) is 5.56 Å². The fourth-order valence-electron chi connectivity index (χ4n) is 2.74. The lowest BCUT2D eigenvalue weighted by Gasteiger charge is -2.05. The molecule has 4 aromatic rings. The maximum Gasteiger partial charge on any atom is 0.228 e. The largest absolute Gasteiger partial charge is 0.436 e. The van der Waals surface area contributed by atoms with Gasteiger partial charge in [-0.1, -0.05) is 30.3 Å². The topological polar surface area (TPSA) is 68.0 Å². The van der Waals surface area contributed by atoms with E-state index in [1.54, 1.807) is 12.4 Å². The highest BCUT2D eigenvalue weighted by atomic mass is 16.3. The van der Waals surface area contributed by atoms with Gasteiger partial charge in [-0.15, -0.1) is 0 Å². The minimum atomic E-state index is -0.0239. The van der Waals surface area contributed by atoms with Crippen LogP contribution in [0.2, 0.25) is 0 Å². The average molecular weight is 343 g/mol. The summed E-state index contributed by atoms with van der Waals surface area (Å²) in [5.74, 6) is 0.491. The van der Waals surface area contributed by atoms with Crippen molar-refractivity contribution in [3.63, 3.8) is 0 Å². The molecule has 0 bridgehead atoms. The van der Waals surface area contributed by atoms with Gasteiger partial charge in [0.1, 0.15) is 5.52 Å². The standard InChI is InChI=1S/C21H17N3O2/c25-20(11-8-15-5-2-1-3-6-15)23-17-9-10-19-18(13-17)24-21(26-19)16-7-4-12-22-14-16/h1-7,9-10,12-14H,8,11H2,(H,23,25). The molecule has 0 saturated heterocycles. The van der Waals surface area contributed by atoms with Crippen molar-refractivity contribution < 1.29 is 9.21 Å². The van der Waals surface area contributed by atoms with Gasteiger partial charge in [0, 0.05) is 24.5 Å². The molecule has 26 heavy (non-hydrogen) atoms. The molecule has 128 valence electrons.